The highest BCUT2D eigenvalue weighted by Crippen LogP contribution is 2.16. The van der Waals surface area contributed by atoms with Gasteiger partial charge in [0, 0.05) is 39.1 Å². The number of carbonyl (C=O) groups excluding carboxylic acids is 1. The second-order valence-electron chi connectivity index (χ2n) is 4.83. The molecule has 1 rings (SSSR count). The largest absolute Gasteiger partial charge is 0.401 e. The van der Waals surface area contributed by atoms with E-state index in [2.05, 4.69) is 5.32 Å². The number of carbonyl (C=O) groups is 1. The molecule has 1 fully saturated rings. The smallest absolute Gasteiger partial charge is 0.343 e. The van der Waals surface area contributed by atoms with Crippen molar-refractivity contribution in [3.8, 4) is 0 Å². The van der Waals surface area contributed by atoms with Crippen LogP contribution in [-0.4, -0.2) is 68.2 Å². The Morgan fingerprint density at radius 3 is 2.63 bits per heavy atom. The highest BCUT2D eigenvalue weighted by Gasteiger charge is 2.30. The fourth-order valence-electron chi connectivity index (χ4n) is 2.22. The molecule has 0 bridgehead atoms. The third kappa shape index (κ3) is 6.77. The van der Waals surface area contributed by atoms with E-state index in [1.54, 1.807) is 11.9 Å². The number of hydrogen-bond acceptors (Lipinski definition) is 3. The number of alkyl halides is 3. The topological polar surface area (TPSA) is 35.6 Å². The van der Waals surface area contributed by atoms with Gasteiger partial charge in [-0.3, -0.25) is 9.69 Å². The number of likely N-dealkylation sites (N-methyl/N-ethyl adjacent to an activating group) is 1. The van der Waals surface area contributed by atoms with Crippen LogP contribution in [0.3, 0.4) is 0 Å². The summed E-state index contributed by atoms with van der Waals surface area (Å²) in [5.74, 6) is 0.123. The molecule has 1 heterocycles. The summed E-state index contributed by atoms with van der Waals surface area (Å²) in [6.45, 7) is 1.68. The van der Waals surface area contributed by atoms with E-state index in [1.807, 2.05) is 0 Å². The number of nitrogens with zero attached hydrogens (tertiary/aromatic N) is 2. The maximum Gasteiger partial charge on any atom is 0.401 e. The van der Waals surface area contributed by atoms with E-state index in [-0.39, 0.29) is 5.91 Å². The highest BCUT2D eigenvalue weighted by atomic mass is 19.4. The quantitative estimate of drug-likeness (QED) is 0.723. The third-order valence-electron chi connectivity index (χ3n) is 3.15. The summed E-state index contributed by atoms with van der Waals surface area (Å²) in [4.78, 5) is 14.5. The Hall–Kier alpha value is -0.820. The molecular weight excluding hydrogens is 259 g/mol. The lowest BCUT2D eigenvalue weighted by atomic mass is 10.3. The van der Waals surface area contributed by atoms with E-state index in [9.17, 15) is 18.0 Å². The maximum absolute atomic E-state index is 12.4. The molecule has 19 heavy (non-hydrogen) atoms. The Morgan fingerprint density at radius 2 is 2.11 bits per heavy atom. The number of rotatable bonds is 8. The Kier molecular flexibility index (Phi) is 6.57. The molecule has 7 heteroatoms. The molecule has 1 aliphatic heterocycles. The van der Waals surface area contributed by atoms with E-state index < -0.39 is 12.7 Å². The van der Waals surface area contributed by atoms with E-state index in [1.165, 1.54) is 4.90 Å². The summed E-state index contributed by atoms with van der Waals surface area (Å²) in [5.41, 5.74) is 0. The van der Waals surface area contributed by atoms with Gasteiger partial charge in [-0.2, -0.15) is 13.2 Å². The van der Waals surface area contributed by atoms with Gasteiger partial charge in [-0.15, -0.1) is 0 Å². The lowest BCUT2D eigenvalue weighted by Gasteiger charge is -2.24. The monoisotopic (exact) mass is 281 g/mol. The molecule has 0 aliphatic carbocycles. The summed E-state index contributed by atoms with van der Waals surface area (Å²) < 4.78 is 37.2. The summed E-state index contributed by atoms with van der Waals surface area (Å²) in [7, 11) is 1.72. The molecule has 0 radical (unpaired) electrons. The van der Waals surface area contributed by atoms with Crippen molar-refractivity contribution in [2.24, 2.45) is 0 Å². The van der Waals surface area contributed by atoms with Crippen molar-refractivity contribution in [2.45, 2.75) is 25.4 Å². The van der Waals surface area contributed by atoms with Gasteiger partial charge in [0.25, 0.3) is 0 Å². The summed E-state index contributed by atoms with van der Waals surface area (Å²) in [5, 5.41) is 2.85. The van der Waals surface area contributed by atoms with Crippen molar-refractivity contribution >= 4 is 5.91 Å². The summed E-state index contributed by atoms with van der Waals surface area (Å²) >= 11 is 0. The first-order chi connectivity index (χ1) is 8.92. The first-order valence-electron chi connectivity index (χ1n) is 6.64. The minimum absolute atomic E-state index is 0.123. The molecule has 4 nitrogen and oxygen atoms in total. The first-order valence-corrected chi connectivity index (χ1v) is 6.64. The molecule has 1 saturated heterocycles. The normalized spacial score (nSPS) is 16.7. The van der Waals surface area contributed by atoms with Gasteiger partial charge in [0.2, 0.25) is 5.91 Å². The predicted molar refractivity (Wildman–Crippen MR) is 66.9 cm³/mol. The van der Waals surface area contributed by atoms with Crippen molar-refractivity contribution in [1.82, 2.24) is 15.1 Å². The molecule has 1 aliphatic rings. The number of hydrogen-bond donors (Lipinski definition) is 1. The van der Waals surface area contributed by atoms with Crippen LogP contribution in [-0.2, 0) is 4.79 Å². The van der Waals surface area contributed by atoms with Gasteiger partial charge in [-0.1, -0.05) is 0 Å². The molecular formula is C12H22F3N3O. The standard InChI is InChI=1S/C12H22F3N3O/c1-16-5-9-17(10-12(13,14)15)6-3-8-18-7-2-4-11(18)19/h16H,2-10H2,1H3. The Morgan fingerprint density at radius 1 is 1.37 bits per heavy atom. The Bertz CT molecular complexity index is 284. The average molecular weight is 281 g/mol. The molecule has 0 aromatic rings. The molecule has 0 unspecified atom stereocenters. The second-order valence-corrected chi connectivity index (χ2v) is 4.83. The van der Waals surface area contributed by atoms with Crippen molar-refractivity contribution in [3.63, 3.8) is 0 Å². The van der Waals surface area contributed by atoms with Crippen LogP contribution in [0.1, 0.15) is 19.3 Å². The van der Waals surface area contributed by atoms with Crippen LogP contribution in [0.15, 0.2) is 0 Å². The molecule has 1 amide bonds. The van der Waals surface area contributed by atoms with Crippen molar-refractivity contribution in [1.29, 1.82) is 0 Å². The van der Waals surface area contributed by atoms with E-state index >= 15 is 0 Å². The van der Waals surface area contributed by atoms with Gasteiger partial charge < -0.3 is 10.2 Å². The van der Waals surface area contributed by atoms with Gasteiger partial charge in [-0.05, 0) is 19.9 Å². The highest BCUT2D eigenvalue weighted by molar-refractivity contribution is 5.77. The van der Waals surface area contributed by atoms with Gasteiger partial charge >= 0.3 is 6.18 Å². The first kappa shape index (κ1) is 16.2. The molecule has 1 N–H and O–H groups in total. The summed E-state index contributed by atoms with van der Waals surface area (Å²) in [6.07, 6.45) is -2.14. The Labute approximate surface area is 111 Å². The minimum Gasteiger partial charge on any atom is -0.343 e. The fourth-order valence-corrected chi connectivity index (χ4v) is 2.22. The average Bonchev–Trinajstić information content (AvgIpc) is 2.70. The third-order valence-corrected chi connectivity index (χ3v) is 3.15. The zero-order chi connectivity index (χ0) is 14.3. The molecule has 0 atom stereocenters. The minimum atomic E-state index is -4.17. The van der Waals surface area contributed by atoms with Gasteiger partial charge in [0.15, 0.2) is 0 Å². The molecule has 0 aromatic heterocycles. The predicted octanol–water partition coefficient (Wildman–Crippen LogP) is 1.08. The fraction of sp³-hybridized carbons (Fsp3) is 0.917. The van der Waals surface area contributed by atoms with E-state index in [0.29, 0.717) is 39.0 Å². The van der Waals surface area contributed by atoms with Gasteiger partial charge in [0.05, 0.1) is 6.54 Å². The second kappa shape index (κ2) is 7.69. The number of amides is 1. The zero-order valence-corrected chi connectivity index (χ0v) is 11.3. The van der Waals surface area contributed by atoms with Crippen LogP contribution in [0.4, 0.5) is 13.2 Å². The molecule has 0 aromatic carbocycles. The van der Waals surface area contributed by atoms with Gasteiger partial charge in [-0.25, -0.2) is 0 Å². The zero-order valence-electron chi connectivity index (χ0n) is 11.3. The van der Waals surface area contributed by atoms with Crippen molar-refractivity contribution in [2.75, 3.05) is 46.3 Å². The number of likely N-dealkylation sites (tertiary alicyclic amines) is 1. The summed E-state index contributed by atoms with van der Waals surface area (Å²) in [6, 6.07) is 0. The van der Waals surface area contributed by atoms with Crippen LogP contribution < -0.4 is 5.32 Å². The van der Waals surface area contributed by atoms with Crippen LogP contribution >= 0.6 is 0 Å². The maximum atomic E-state index is 12.4. The van der Waals surface area contributed by atoms with Crippen LogP contribution in [0.5, 0.6) is 0 Å². The molecule has 0 spiro atoms. The van der Waals surface area contributed by atoms with Crippen molar-refractivity contribution < 1.29 is 18.0 Å². The Balaban J connectivity index is 2.28. The SMILES string of the molecule is CNCCN(CCCN1CCCC1=O)CC(F)(F)F. The number of halogens is 3. The van der Waals surface area contributed by atoms with E-state index in [4.69, 9.17) is 0 Å². The van der Waals surface area contributed by atoms with E-state index in [0.717, 1.165) is 13.0 Å². The molecule has 112 valence electrons. The van der Waals surface area contributed by atoms with Crippen molar-refractivity contribution in [3.05, 3.63) is 0 Å². The lowest BCUT2D eigenvalue weighted by molar-refractivity contribution is -0.146. The van der Waals surface area contributed by atoms with Gasteiger partial charge in [0.1, 0.15) is 0 Å². The lowest BCUT2D eigenvalue weighted by Crippen LogP contribution is -2.40. The van der Waals surface area contributed by atoms with Crippen LogP contribution in [0, 0.1) is 0 Å². The number of nitrogens with one attached hydrogen (secondary N) is 1. The van der Waals surface area contributed by atoms with Crippen LogP contribution in [0.25, 0.3) is 0 Å². The molecule has 0 saturated carbocycles. The van der Waals surface area contributed by atoms with Crippen LogP contribution in [0.2, 0.25) is 0 Å².